The zero-order valence-corrected chi connectivity index (χ0v) is 13.6. The Morgan fingerprint density at radius 1 is 1.50 bits per heavy atom. The molecule has 8 nitrogen and oxygen atoms in total. The molecule has 1 atom stereocenters. The number of aromatic nitrogens is 4. The van der Waals surface area contributed by atoms with Crippen molar-refractivity contribution in [2.45, 2.75) is 32.4 Å². The van der Waals surface area contributed by atoms with Crippen LogP contribution in [0.4, 0.5) is 0 Å². The highest BCUT2D eigenvalue weighted by atomic mass is 16.5. The zero-order chi connectivity index (χ0) is 16.9. The van der Waals surface area contributed by atoms with Crippen LogP contribution in [0.5, 0.6) is 0 Å². The van der Waals surface area contributed by atoms with Gasteiger partial charge < -0.3 is 14.6 Å². The Kier molecular flexibility index (Phi) is 5.05. The summed E-state index contributed by atoms with van der Waals surface area (Å²) in [6.07, 6.45) is 4.75. The maximum absolute atomic E-state index is 12.6. The highest BCUT2D eigenvalue weighted by Crippen LogP contribution is 2.23. The monoisotopic (exact) mass is 331 g/mol. The molecule has 8 heteroatoms. The van der Waals surface area contributed by atoms with Crippen molar-refractivity contribution in [2.75, 3.05) is 19.8 Å². The van der Waals surface area contributed by atoms with Crippen LogP contribution in [0.3, 0.4) is 0 Å². The molecule has 1 amide bonds. The number of ether oxygens (including phenoxy) is 1. The summed E-state index contributed by atoms with van der Waals surface area (Å²) in [5.41, 5.74) is 0.366. The molecule has 3 rings (SSSR count). The largest absolute Gasteiger partial charge is 0.377 e. The van der Waals surface area contributed by atoms with Gasteiger partial charge in [-0.3, -0.25) is 14.3 Å². The fraction of sp³-hybridized carbons (Fsp3) is 0.500. The van der Waals surface area contributed by atoms with Crippen LogP contribution in [0, 0.1) is 6.92 Å². The van der Waals surface area contributed by atoms with Crippen molar-refractivity contribution < 1.29 is 9.53 Å². The second-order valence-electron chi connectivity index (χ2n) is 5.81. The Bertz CT molecular complexity index is 740. The van der Waals surface area contributed by atoms with Gasteiger partial charge in [0, 0.05) is 38.0 Å². The fourth-order valence-electron chi connectivity index (χ4n) is 2.89. The van der Waals surface area contributed by atoms with E-state index in [-0.39, 0.29) is 17.5 Å². The van der Waals surface area contributed by atoms with E-state index in [0.29, 0.717) is 50.7 Å². The van der Waals surface area contributed by atoms with E-state index in [1.54, 1.807) is 18.0 Å². The number of carbonyl (C=O) groups excluding carboxylic acids is 1. The van der Waals surface area contributed by atoms with Gasteiger partial charge in [0.25, 0.3) is 5.56 Å². The summed E-state index contributed by atoms with van der Waals surface area (Å²) in [5.74, 6) is 0.587. The molecule has 0 aliphatic carbocycles. The van der Waals surface area contributed by atoms with Crippen LogP contribution in [0.2, 0.25) is 0 Å². The number of aryl methyl sites for hydroxylation is 2. The summed E-state index contributed by atoms with van der Waals surface area (Å²) in [6, 6.07) is 2.99. The van der Waals surface area contributed by atoms with Gasteiger partial charge in [-0.2, -0.15) is 5.10 Å². The van der Waals surface area contributed by atoms with Gasteiger partial charge in [0.1, 0.15) is 5.82 Å². The number of morpholine rings is 1. The second-order valence-corrected chi connectivity index (χ2v) is 5.81. The minimum Gasteiger partial charge on any atom is -0.377 e. The molecule has 128 valence electrons. The molecule has 1 N–H and O–H groups in total. The lowest BCUT2D eigenvalue weighted by atomic mass is 10.1. The van der Waals surface area contributed by atoms with Gasteiger partial charge in [0.2, 0.25) is 5.91 Å². The maximum Gasteiger partial charge on any atom is 0.251 e. The Morgan fingerprint density at radius 3 is 3.12 bits per heavy atom. The third kappa shape index (κ3) is 3.88. The number of H-pyrrole nitrogens is 1. The van der Waals surface area contributed by atoms with Gasteiger partial charge in [-0.25, -0.2) is 4.98 Å². The molecule has 1 aliphatic heterocycles. The van der Waals surface area contributed by atoms with Gasteiger partial charge in [-0.15, -0.1) is 0 Å². The van der Waals surface area contributed by atoms with Gasteiger partial charge in [-0.05, 0) is 19.4 Å². The van der Waals surface area contributed by atoms with Crippen LogP contribution in [-0.4, -0.2) is 50.3 Å². The summed E-state index contributed by atoms with van der Waals surface area (Å²) in [6.45, 7) is 3.81. The zero-order valence-electron chi connectivity index (χ0n) is 13.6. The second kappa shape index (κ2) is 7.39. The van der Waals surface area contributed by atoms with Crippen LogP contribution in [0.25, 0.3) is 0 Å². The molecular formula is C16H21N5O3. The quantitative estimate of drug-likeness (QED) is 0.868. The number of nitrogens with zero attached hydrogens (tertiary/aromatic N) is 4. The first kappa shape index (κ1) is 16.4. The molecule has 2 aromatic rings. The van der Waals surface area contributed by atoms with E-state index in [2.05, 4.69) is 15.1 Å². The average molecular weight is 331 g/mol. The molecule has 0 saturated carbocycles. The van der Waals surface area contributed by atoms with Gasteiger partial charge in [0.15, 0.2) is 0 Å². The van der Waals surface area contributed by atoms with E-state index in [0.717, 1.165) is 0 Å². The third-order valence-electron chi connectivity index (χ3n) is 4.01. The Labute approximate surface area is 139 Å². The number of hydrogen-bond acceptors (Lipinski definition) is 5. The minimum absolute atomic E-state index is 0.0511. The topological polar surface area (TPSA) is 93.1 Å². The van der Waals surface area contributed by atoms with Crippen LogP contribution in [0.1, 0.15) is 30.4 Å². The first-order valence-electron chi connectivity index (χ1n) is 8.06. The van der Waals surface area contributed by atoms with E-state index >= 15 is 0 Å². The highest BCUT2D eigenvalue weighted by Gasteiger charge is 2.29. The standard InChI is InChI=1S/C16H21N5O3/c1-12-18-13(10-15(22)19-12)14-11-24-9-8-21(14)16(23)4-2-6-20-7-3-5-17-20/h3,5,7,10,14H,2,4,6,8-9,11H2,1H3,(H,18,19,22)/t14-/m1/s1. The van der Waals surface area contributed by atoms with Crippen molar-refractivity contribution in [1.29, 1.82) is 0 Å². The molecule has 1 saturated heterocycles. The van der Waals surface area contributed by atoms with E-state index in [1.807, 2.05) is 16.9 Å². The normalized spacial score (nSPS) is 17.9. The predicted octanol–water partition coefficient (Wildman–Crippen LogP) is 0.655. The first-order chi connectivity index (χ1) is 11.6. The number of aromatic amines is 1. The fourth-order valence-corrected chi connectivity index (χ4v) is 2.89. The molecule has 24 heavy (non-hydrogen) atoms. The molecule has 0 unspecified atom stereocenters. The molecule has 3 heterocycles. The third-order valence-corrected chi connectivity index (χ3v) is 4.01. The minimum atomic E-state index is -0.308. The summed E-state index contributed by atoms with van der Waals surface area (Å²) in [5, 5.41) is 4.13. The predicted molar refractivity (Wildman–Crippen MR) is 86.3 cm³/mol. The van der Waals surface area contributed by atoms with Crippen molar-refractivity contribution in [3.05, 3.63) is 46.4 Å². The smallest absolute Gasteiger partial charge is 0.251 e. The molecule has 0 aromatic carbocycles. The van der Waals surface area contributed by atoms with Crippen LogP contribution >= 0.6 is 0 Å². The van der Waals surface area contributed by atoms with Gasteiger partial charge in [-0.1, -0.05) is 0 Å². The average Bonchev–Trinajstić information content (AvgIpc) is 3.07. The van der Waals surface area contributed by atoms with Gasteiger partial charge in [0.05, 0.1) is 24.9 Å². The Hall–Kier alpha value is -2.48. The molecule has 2 aromatic heterocycles. The SMILES string of the molecule is Cc1nc([C@H]2COCCN2C(=O)CCCn2cccn2)cc(=O)[nH]1. The van der Waals surface area contributed by atoms with Crippen molar-refractivity contribution in [2.24, 2.45) is 0 Å². The highest BCUT2D eigenvalue weighted by molar-refractivity contribution is 5.76. The van der Waals surface area contributed by atoms with Crippen LogP contribution < -0.4 is 5.56 Å². The van der Waals surface area contributed by atoms with E-state index in [9.17, 15) is 9.59 Å². The summed E-state index contributed by atoms with van der Waals surface area (Å²) >= 11 is 0. The van der Waals surface area contributed by atoms with Crippen molar-refractivity contribution >= 4 is 5.91 Å². The number of rotatable bonds is 5. The molecular weight excluding hydrogens is 310 g/mol. The van der Waals surface area contributed by atoms with Crippen molar-refractivity contribution in [3.8, 4) is 0 Å². The number of carbonyl (C=O) groups is 1. The van der Waals surface area contributed by atoms with E-state index in [1.165, 1.54) is 6.07 Å². The number of nitrogens with one attached hydrogen (secondary N) is 1. The van der Waals surface area contributed by atoms with Gasteiger partial charge >= 0.3 is 0 Å². The molecule has 0 bridgehead atoms. The summed E-state index contributed by atoms with van der Waals surface area (Å²) in [7, 11) is 0. The lowest BCUT2D eigenvalue weighted by Gasteiger charge is -2.35. The molecule has 1 fully saturated rings. The summed E-state index contributed by atoms with van der Waals surface area (Å²) in [4.78, 5) is 33.1. The van der Waals surface area contributed by atoms with E-state index < -0.39 is 0 Å². The Morgan fingerprint density at radius 2 is 2.38 bits per heavy atom. The van der Waals surface area contributed by atoms with E-state index in [4.69, 9.17) is 4.74 Å². The summed E-state index contributed by atoms with van der Waals surface area (Å²) < 4.78 is 7.31. The molecule has 0 spiro atoms. The number of hydrogen-bond donors (Lipinski definition) is 1. The lowest BCUT2D eigenvalue weighted by Crippen LogP contribution is -2.44. The molecule has 1 aliphatic rings. The Balaban J connectivity index is 1.67. The number of amides is 1. The lowest BCUT2D eigenvalue weighted by molar-refractivity contribution is -0.140. The first-order valence-corrected chi connectivity index (χ1v) is 8.06. The van der Waals surface area contributed by atoms with Crippen molar-refractivity contribution in [3.63, 3.8) is 0 Å². The molecule has 0 radical (unpaired) electrons. The maximum atomic E-state index is 12.6. The van der Waals surface area contributed by atoms with Crippen molar-refractivity contribution in [1.82, 2.24) is 24.6 Å². The van der Waals surface area contributed by atoms with Crippen LogP contribution in [-0.2, 0) is 16.1 Å². The van der Waals surface area contributed by atoms with Crippen LogP contribution in [0.15, 0.2) is 29.3 Å².